The molecule has 0 bridgehead atoms. The van der Waals surface area contributed by atoms with Crippen molar-refractivity contribution in [1.29, 1.82) is 0 Å². The largest absolute Gasteiger partial charge is 0.480 e. The first kappa shape index (κ1) is 30.0. The molecule has 1 fully saturated rings. The first-order valence-corrected chi connectivity index (χ1v) is 13.7. The molecule has 1 aromatic heterocycles. The molecule has 1 heterocycles. The van der Waals surface area contributed by atoms with Gasteiger partial charge in [0.15, 0.2) is 5.78 Å². The van der Waals surface area contributed by atoms with E-state index in [1.54, 1.807) is 30.7 Å². The topological polar surface area (TPSA) is 130 Å². The van der Waals surface area contributed by atoms with E-state index in [-0.39, 0.29) is 36.0 Å². The van der Waals surface area contributed by atoms with E-state index in [0.717, 1.165) is 25.7 Å². The van der Waals surface area contributed by atoms with E-state index in [1.807, 2.05) is 6.92 Å². The van der Waals surface area contributed by atoms with Crippen molar-refractivity contribution in [2.75, 3.05) is 0 Å². The van der Waals surface area contributed by atoms with Gasteiger partial charge in [-0.15, -0.1) is 0 Å². The Morgan fingerprint density at radius 2 is 1.79 bits per heavy atom. The number of aryl methyl sites for hydroxylation is 1. The molecule has 1 aliphatic carbocycles. The molecular formula is C29H39FN4O5. The van der Waals surface area contributed by atoms with Crippen LogP contribution in [0.1, 0.15) is 87.3 Å². The highest BCUT2D eigenvalue weighted by Crippen LogP contribution is 2.32. The maximum absolute atomic E-state index is 15.2. The molecule has 3 atom stereocenters. The van der Waals surface area contributed by atoms with Crippen molar-refractivity contribution >= 4 is 23.6 Å². The van der Waals surface area contributed by atoms with Crippen molar-refractivity contribution in [3.63, 3.8) is 0 Å². The Bertz CT molecular complexity index is 1190. The summed E-state index contributed by atoms with van der Waals surface area (Å²) >= 11 is 0. The Kier molecular flexibility index (Phi) is 10.4. The molecule has 0 unspecified atom stereocenters. The van der Waals surface area contributed by atoms with E-state index in [4.69, 9.17) is 0 Å². The van der Waals surface area contributed by atoms with Crippen molar-refractivity contribution in [2.24, 2.45) is 11.8 Å². The predicted octanol–water partition coefficient (Wildman–Crippen LogP) is 3.86. The minimum Gasteiger partial charge on any atom is -0.480 e. The number of carboxylic acid groups (broad SMARTS) is 1. The molecule has 1 aromatic carbocycles. The number of Topliss-reactive ketones (excluding diaryl/α,β-unsaturated/α-hetero) is 1. The van der Waals surface area contributed by atoms with Crippen LogP contribution in [0.15, 0.2) is 30.5 Å². The number of nitrogens with one attached hydrogen (secondary N) is 2. The monoisotopic (exact) mass is 542 g/mol. The van der Waals surface area contributed by atoms with E-state index in [2.05, 4.69) is 22.7 Å². The van der Waals surface area contributed by atoms with Crippen LogP contribution in [-0.2, 0) is 27.3 Å². The fraction of sp³-hybridized carbons (Fsp3) is 0.552. The summed E-state index contributed by atoms with van der Waals surface area (Å²) < 4.78 is 16.8. The number of carbonyl (C=O) groups excluding carboxylic acids is 3. The van der Waals surface area contributed by atoms with Crippen LogP contribution in [-0.4, -0.2) is 50.5 Å². The number of aliphatic carboxylic acids is 1. The van der Waals surface area contributed by atoms with Gasteiger partial charge in [-0.05, 0) is 54.9 Å². The van der Waals surface area contributed by atoms with Gasteiger partial charge < -0.3 is 15.7 Å². The third-order valence-corrected chi connectivity index (χ3v) is 7.79. The quantitative estimate of drug-likeness (QED) is 0.373. The average molecular weight is 543 g/mol. The standard InChI is InChI=1S/C29H39FN4O5/c1-5-25(36)32-26(29(38)39)18(4)20-11-12-21(22(30)15-20)16-24(35)27(19-9-7-17(3)8-10-19)33-28(37)23-13-14-31-34(23)6-2/h11-15,17-19,26-27H,5-10,16H2,1-4H3,(H,32,36)(H,33,37)(H,38,39)/t17?,18-,19?,26+,27-/m0/s1. The van der Waals surface area contributed by atoms with Crippen LogP contribution >= 0.6 is 0 Å². The Hall–Kier alpha value is -3.56. The Labute approximate surface area is 228 Å². The van der Waals surface area contributed by atoms with Crippen LogP contribution in [0.5, 0.6) is 0 Å². The highest BCUT2D eigenvalue weighted by Gasteiger charge is 2.34. The molecule has 3 N–H and O–H groups in total. The minimum atomic E-state index is -1.21. The molecule has 2 aromatic rings. The van der Waals surface area contributed by atoms with Gasteiger partial charge >= 0.3 is 5.97 Å². The van der Waals surface area contributed by atoms with Crippen LogP contribution in [0.4, 0.5) is 4.39 Å². The van der Waals surface area contributed by atoms with Gasteiger partial charge in [0.2, 0.25) is 5.91 Å². The Balaban J connectivity index is 1.79. The van der Waals surface area contributed by atoms with E-state index in [9.17, 15) is 24.3 Å². The zero-order valence-electron chi connectivity index (χ0n) is 23.1. The zero-order valence-corrected chi connectivity index (χ0v) is 23.1. The normalized spacial score (nSPS) is 19.5. The highest BCUT2D eigenvalue weighted by atomic mass is 19.1. The fourth-order valence-corrected chi connectivity index (χ4v) is 5.23. The SMILES string of the molecule is CCC(=O)N[C@@H](C(=O)O)[C@@H](C)c1ccc(CC(=O)[C@@H](NC(=O)c2ccnn2CC)C2CCC(C)CC2)c(F)c1. The van der Waals surface area contributed by atoms with Crippen LogP contribution < -0.4 is 10.6 Å². The molecule has 1 saturated carbocycles. The summed E-state index contributed by atoms with van der Waals surface area (Å²) in [6, 6.07) is 3.92. The van der Waals surface area contributed by atoms with E-state index in [1.165, 1.54) is 18.3 Å². The van der Waals surface area contributed by atoms with Crippen LogP contribution in [0.25, 0.3) is 0 Å². The summed E-state index contributed by atoms with van der Waals surface area (Å²) in [5.74, 6) is -3.11. The number of hydrogen-bond acceptors (Lipinski definition) is 5. The van der Waals surface area contributed by atoms with Gasteiger partial charge in [0.25, 0.3) is 5.91 Å². The van der Waals surface area contributed by atoms with Gasteiger partial charge in [-0.3, -0.25) is 19.1 Å². The molecule has 0 saturated heterocycles. The van der Waals surface area contributed by atoms with Crippen molar-refractivity contribution in [1.82, 2.24) is 20.4 Å². The number of ketones is 1. The zero-order chi connectivity index (χ0) is 28.7. The second-order valence-corrected chi connectivity index (χ2v) is 10.5. The Morgan fingerprint density at radius 1 is 1.10 bits per heavy atom. The Morgan fingerprint density at radius 3 is 2.38 bits per heavy atom. The number of halogens is 1. The van der Waals surface area contributed by atoms with Gasteiger partial charge in [0.1, 0.15) is 17.6 Å². The van der Waals surface area contributed by atoms with Crippen molar-refractivity contribution in [3.05, 3.63) is 53.1 Å². The number of aromatic nitrogens is 2. The van der Waals surface area contributed by atoms with E-state index < -0.39 is 35.7 Å². The summed E-state index contributed by atoms with van der Waals surface area (Å²) in [6.45, 7) is 7.78. The maximum Gasteiger partial charge on any atom is 0.326 e. The van der Waals surface area contributed by atoms with Gasteiger partial charge in [-0.1, -0.05) is 45.7 Å². The van der Waals surface area contributed by atoms with Gasteiger partial charge in [0.05, 0.1) is 6.04 Å². The summed E-state index contributed by atoms with van der Waals surface area (Å²) in [6.07, 6.45) is 4.96. The molecule has 0 aliphatic heterocycles. The van der Waals surface area contributed by atoms with Crippen LogP contribution in [0, 0.1) is 17.7 Å². The van der Waals surface area contributed by atoms with Crippen molar-refractivity contribution in [3.8, 4) is 0 Å². The van der Waals surface area contributed by atoms with Gasteiger partial charge in [-0.2, -0.15) is 5.10 Å². The number of carbonyl (C=O) groups is 4. The number of carboxylic acids is 1. The molecule has 212 valence electrons. The molecule has 10 heteroatoms. The first-order chi connectivity index (χ1) is 18.5. The first-order valence-electron chi connectivity index (χ1n) is 13.7. The third kappa shape index (κ3) is 7.52. The summed E-state index contributed by atoms with van der Waals surface area (Å²) in [4.78, 5) is 50.1. The molecule has 2 amide bonds. The van der Waals surface area contributed by atoms with Crippen molar-refractivity contribution < 1.29 is 28.7 Å². The summed E-state index contributed by atoms with van der Waals surface area (Å²) in [5, 5.41) is 19.1. The van der Waals surface area contributed by atoms with Gasteiger partial charge in [-0.25, -0.2) is 9.18 Å². The average Bonchev–Trinajstić information content (AvgIpc) is 3.40. The molecule has 39 heavy (non-hydrogen) atoms. The molecule has 0 radical (unpaired) electrons. The van der Waals surface area contributed by atoms with Gasteiger partial charge in [0, 0.05) is 31.5 Å². The molecule has 3 rings (SSSR count). The molecule has 9 nitrogen and oxygen atoms in total. The lowest BCUT2D eigenvalue weighted by Gasteiger charge is -2.32. The number of hydrogen-bond donors (Lipinski definition) is 3. The second-order valence-electron chi connectivity index (χ2n) is 10.5. The van der Waals surface area contributed by atoms with E-state index in [0.29, 0.717) is 23.7 Å². The van der Waals surface area contributed by atoms with Crippen molar-refractivity contribution in [2.45, 2.75) is 90.8 Å². The third-order valence-electron chi connectivity index (χ3n) is 7.79. The molecule has 1 aliphatic rings. The highest BCUT2D eigenvalue weighted by molar-refractivity contribution is 5.97. The minimum absolute atomic E-state index is 0.0449. The summed E-state index contributed by atoms with van der Waals surface area (Å²) in [7, 11) is 0. The lowest BCUT2D eigenvalue weighted by Crippen LogP contribution is -2.48. The smallest absolute Gasteiger partial charge is 0.326 e. The number of rotatable bonds is 12. The summed E-state index contributed by atoms with van der Waals surface area (Å²) in [5.41, 5.74) is 0.932. The number of nitrogens with zero attached hydrogens (tertiary/aromatic N) is 2. The van der Waals surface area contributed by atoms with Crippen LogP contribution in [0.3, 0.4) is 0 Å². The number of benzene rings is 1. The molecular weight excluding hydrogens is 503 g/mol. The second kappa shape index (κ2) is 13.5. The van der Waals surface area contributed by atoms with E-state index >= 15 is 4.39 Å². The lowest BCUT2D eigenvalue weighted by atomic mass is 9.77. The molecule has 0 spiro atoms. The predicted molar refractivity (Wildman–Crippen MR) is 144 cm³/mol. The lowest BCUT2D eigenvalue weighted by molar-refractivity contribution is -0.142. The van der Waals surface area contributed by atoms with Crippen LogP contribution in [0.2, 0.25) is 0 Å². The number of amides is 2. The maximum atomic E-state index is 15.2. The fourth-order valence-electron chi connectivity index (χ4n) is 5.23.